The highest BCUT2D eigenvalue weighted by molar-refractivity contribution is 7.91. The number of benzene rings is 1. The van der Waals surface area contributed by atoms with Gasteiger partial charge in [0.25, 0.3) is 0 Å². The number of nitrogens with zero attached hydrogens (tertiary/aromatic N) is 1. The van der Waals surface area contributed by atoms with Gasteiger partial charge in [0.05, 0.1) is 17.1 Å². The van der Waals surface area contributed by atoms with Crippen molar-refractivity contribution in [1.82, 2.24) is 4.90 Å². The maximum absolute atomic E-state index is 12.4. The van der Waals surface area contributed by atoms with E-state index in [1.807, 2.05) is 28.5 Å². The van der Waals surface area contributed by atoms with Crippen molar-refractivity contribution in [2.45, 2.75) is 24.2 Å². The molecule has 1 amide bonds. The smallest absolute Gasteiger partial charge is 0.227 e. The lowest BCUT2D eigenvalue weighted by atomic mass is 9.99. The van der Waals surface area contributed by atoms with Gasteiger partial charge in [-0.2, -0.15) is 0 Å². The lowest BCUT2D eigenvalue weighted by molar-refractivity contribution is -0.131. The molecule has 4 nitrogen and oxygen atoms in total. The number of sulfone groups is 1. The summed E-state index contributed by atoms with van der Waals surface area (Å²) in [5.74, 6) is 0.437. The van der Waals surface area contributed by atoms with Crippen LogP contribution < -0.4 is 0 Å². The highest BCUT2D eigenvalue weighted by atomic mass is 32.2. The summed E-state index contributed by atoms with van der Waals surface area (Å²) >= 11 is 1.59. The fraction of sp³-hybridized carbons (Fsp3) is 0.389. The molecule has 1 aromatic carbocycles. The molecule has 24 heavy (non-hydrogen) atoms. The van der Waals surface area contributed by atoms with E-state index in [4.69, 9.17) is 0 Å². The van der Waals surface area contributed by atoms with Gasteiger partial charge in [-0.1, -0.05) is 24.3 Å². The van der Waals surface area contributed by atoms with E-state index in [9.17, 15) is 13.2 Å². The number of rotatable bonds is 5. The largest absolute Gasteiger partial charge is 0.342 e. The first-order valence-electron chi connectivity index (χ1n) is 8.12. The first-order valence-corrected chi connectivity index (χ1v) is 10.7. The van der Waals surface area contributed by atoms with Crippen molar-refractivity contribution in [2.24, 2.45) is 5.92 Å². The lowest BCUT2D eigenvalue weighted by Crippen LogP contribution is -2.40. The molecule has 1 aliphatic heterocycles. The summed E-state index contributed by atoms with van der Waals surface area (Å²) in [5.41, 5.74) is 0. The van der Waals surface area contributed by atoms with Gasteiger partial charge in [0.2, 0.25) is 5.91 Å². The monoisotopic (exact) mass is 363 g/mol. The Morgan fingerprint density at radius 1 is 1.08 bits per heavy atom. The van der Waals surface area contributed by atoms with Crippen LogP contribution in [0.4, 0.5) is 0 Å². The second kappa shape index (κ2) is 7.49. The minimum Gasteiger partial charge on any atom is -0.342 e. The third-order valence-corrected chi connectivity index (χ3v) is 7.21. The van der Waals surface area contributed by atoms with Gasteiger partial charge in [0.15, 0.2) is 9.84 Å². The molecule has 1 saturated heterocycles. The van der Waals surface area contributed by atoms with E-state index in [2.05, 4.69) is 0 Å². The van der Waals surface area contributed by atoms with Crippen molar-refractivity contribution in [1.29, 1.82) is 0 Å². The van der Waals surface area contributed by atoms with Crippen LogP contribution in [0.2, 0.25) is 0 Å². The quantitative estimate of drug-likeness (QED) is 0.820. The predicted octanol–water partition coefficient (Wildman–Crippen LogP) is 3.00. The molecule has 0 radical (unpaired) electrons. The van der Waals surface area contributed by atoms with Crippen LogP contribution in [0.15, 0.2) is 52.7 Å². The molecule has 0 bridgehead atoms. The summed E-state index contributed by atoms with van der Waals surface area (Å²) in [6.07, 6.45) is 1.95. The third-order valence-electron chi connectivity index (χ3n) is 4.43. The van der Waals surface area contributed by atoms with Crippen LogP contribution in [0, 0.1) is 5.92 Å². The molecule has 3 rings (SSSR count). The van der Waals surface area contributed by atoms with E-state index < -0.39 is 9.84 Å². The maximum atomic E-state index is 12.4. The molecule has 0 spiro atoms. The Hall–Kier alpha value is -1.66. The van der Waals surface area contributed by atoms with Crippen molar-refractivity contribution in [3.8, 4) is 0 Å². The summed E-state index contributed by atoms with van der Waals surface area (Å²) < 4.78 is 24.9. The van der Waals surface area contributed by atoms with E-state index >= 15 is 0 Å². The maximum Gasteiger partial charge on any atom is 0.227 e. The molecule has 1 aliphatic rings. The average Bonchev–Trinajstić information content (AvgIpc) is 3.09. The van der Waals surface area contributed by atoms with E-state index in [0.717, 1.165) is 17.7 Å². The number of thiophene rings is 1. The predicted molar refractivity (Wildman–Crippen MR) is 95.8 cm³/mol. The molecule has 0 saturated carbocycles. The summed E-state index contributed by atoms with van der Waals surface area (Å²) in [6, 6.07) is 12.5. The van der Waals surface area contributed by atoms with Gasteiger partial charge in [0, 0.05) is 18.0 Å². The minimum absolute atomic E-state index is 0.126. The Morgan fingerprint density at radius 2 is 1.79 bits per heavy atom. The Labute approximate surface area is 147 Å². The molecule has 6 heteroatoms. The fourth-order valence-corrected chi connectivity index (χ4v) is 5.47. The number of piperidine rings is 1. The summed E-state index contributed by atoms with van der Waals surface area (Å²) in [6.45, 7) is 1.30. The van der Waals surface area contributed by atoms with Gasteiger partial charge in [-0.25, -0.2) is 8.42 Å². The lowest BCUT2D eigenvalue weighted by Gasteiger charge is -2.31. The second-order valence-corrected chi connectivity index (χ2v) is 9.24. The molecule has 0 atom stereocenters. The Morgan fingerprint density at radius 3 is 2.42 bits per heavy atom. The molecule has 2 aromatic rings. The molecular formula is C18H21NO3S2. The normalized spacial score (nSPS) is 16.2. The molecule has 1 aromatic heterocycles. The highest BCUT2D eigenvalue weighted by Gasteiger charge is 2.27. The highest BCUT2D eigenvalue weighted by Crippen LogP contribution is 2.23. The van der Waals surface area contributed by atoms with Crippen LogP contribution in [0.3, 0.4) is 0 Å². The van der Waals surface area contributed by atoms with Gasteiger partial charge >= 0.3 is 0 Å². The van der Waals surface area contributed by atoms with Crippen molar-refractivity contribution >= 4 is 27.1 Å². The van der Waals surface area contributed by atoms with Gasteiger partial charge in [-0.15, -0.1) is 11.3 Å². The van der Waals surface area contributed by atoms with Crippen molar-refractivity contribution in [3.63, 3.8) is 0 Å². The summed E-state index contributed by atoms with van der Waals surface area (Å²) in [4.78, 5) is 15.6. The molecule has 0 N–H and O–H groups in total. The Kier molecular flexibility index (Phi) is 5.36. The topological polar surface area (TPSA) is 54.5 Å². The third kappa shape index (κ3) is 4.24. The van der Waals surface area contributed by atoms with E-state index in [1.165, 1.54) is 0 Å². The Bertz CT molecular complexity index is 762. The van der Waals surface area contributed by atoms with E-state index in [1.54, 1.807) is 35.6 Å². The minimum atomic E-state index is -3.24. The molecule has 0 aliphatic carbocycles. The standard InChI is InChI=1S/C18H21NO3S2/c20-18(13-16-5-4-12-23-16)19-10-8-15(9-11-19)14-24(21,22)17-6-2-1-3-7-17/h1-7,12,15H,8-11,13-14H2. The van der Waals surface area contributed by atoms with E-state index in [0.29, 0.717) is 24.4 Å². The second-order valence-electron chi connectivity index (χ2n) is 6.17. The number of hydrogen-bond acceptors (Lipinski definition) is 4. The number of likely N-dealkylation sites (tertiary alicyclic amines) is 1. The molecule has 0 unspecified atom stereocenters. The van der Waals surface area contributed by atoms with Gasteiger partial charge in [0.1, 0.15) is 0 Å². The van der Waals surface area contributed by atoms with Crippen LogP contribution in [-0.4, -0.2) is 38.1 Å². The molecular weight excluding hydrogens is 342 g/mol. The number of carbonyl (C=O) groups excluding carboxylic acids is 1. The Balaban J connectivity index is 1.53. The average molecular weight is 364 g/mol. The van der Waals surface area contributed by atoms with Crippen LogP contribution >= 0.6 is 11.3 Å². The van der Waals surface area contributed by atoms with Crippen LogP contribution in [0.25, 0.3) is 0 Å². The first-order chi connectivity index (χ1) is 11.5. The zero-order valence-corrected chi connectivity index (χ0v) is 15.1. The number of carbonyl (C=O) groups is 1. The molecule has 128 valence electrons. The zero-order chi connectivity index (χ0) is 17.0. The number of hydrogen-bond donors (Lipinski definition) is 0. The van der Waals surface area contributed by atoms with Crippen molar-refractivity contribution < 1.29 is 13.2 Å². The molecule has 2 heterocycles. The van der Waals surface area contributed by atoms with Gasteiger partial charge in [-0.05, 0) is 42.3 Å². The van der Waals surface area contributed by atoms with Crippen LogP contribution in [-0.2, 0) is 21.1 Å². The van der Waals surface area contributed by atoms with Gasteiger partial charge < -0.3 is 4.90 Å². The van der Waals surface area contributed by atoms with E-state index in [-0.39, 0.29) is 17.6 Å². The SMILES string of the molecule is O=C(Cc1cccs1)N1CCC(CS(=O)(=O)c2ccccc2)CC1. The zero-order valence-electron chi connectivity index (χ0n) is 13.4. The van der Waals surface area contributed by atoms with Crippen LogP contribution in [0.5, 0.6) is 0 Å². The summed E-state index contributed by atoms with van der Waals surface area (Å²) in [5, 5.41) is 1.98. The number of amides is 1. The molecule has 1 fully saturated rings. The van der Waals surface area contributed by atoms with Crippen molar-refractivity contribution in [2.75, 3.05) is 18.8 Å². The summed E-state index contributed by atoms with van der Waals surface area (Å²) in [7, 11) is -3.24. The van der Waals surface area contributed by atoms with Crippen molar-refractivity contribution in [3.05, 3.63) is 52.7 Å². The first kappa shape index (κ1) is 17.2. The fourth-order valence-electron chi connectivity index (χ4n) is 3.06. The van der Waals surface area contributed by atoms with Gasteiger partial charge in [-0.3, -0.25) is 4.79 Å². The van der Waals surface area contributed by atoms with Crippen LogP contribution in [0.1, 0.15) is 17.7 Å².